The Hall–Kier alpha value is -3.85. The van der Waals surface area contributed by atoms with Gasteiger partial charge in [-0.05, 0) is 78.9 Å². The monoisotopic (exact) mass is 624 g/mol. The third-order valence-corrected chi connectivity index (χ3v) is 8.87. The van der Waals surface area contributed by atoms with Crippen LogP contribution in [-0.4, -0.2) is 59.1 Å². The van der Waals surface area contributed by atoms with Gasteiger partial charge >= 0.3 is 12.1 Å². The van der Waals surface area contributed by atoms with Crippen LogP contribution in [0.4, 0.5) is 13.2 Å². The van der Waals surface area contributed by atoms with E-state index in [9.17, 15) is 18.0 Å². The summed E-state index contributed by atoms with van der Waals surface area (Å²) in [6.07, 6.45) is -0.433. The summed E-state index contributed by atoms with van der Waals surface area (Å²) in [4.78, 5) is 26.7. The number of nitrogens with zero attached hydrogens (tertiary/aromatic N) is 2. The predicted octanol–water partition coefficient (Wildman–Crippen LogP) is 7.71. The van der Waals surface area contributed by atoms with Gasteiger partial charge in [0.15, 0.2) is 0 Å². The first-order valence-corrected chi connectivity index (χ1v) is 15.4. The summed E-state index contributed by atoms with van der Waals surface area (Å²) in [6, 6.07) is 27.0. The average molecular weight is 625 g/mol. The number of alkyl halides is 3. The molecule has 1 spiro atoms. The number of hydrogen-bond acceptors (Lipinski definition) is 4. The normalized spacial score (nSPS) is 16.9. The zero-order valence-electron chi connectivity index (χ0n) is 26.3. The van der Waals surface area contributed by atoms with Gasteiger partial charge in [0.05, 0.1) is 0 Å². The molecule has 3 aromatic carbocycles. The summed E-state index contributed by atoms with van der Waals surface area (Å²) in [6.45, 7) is 12.1. The summed E-state index contributed by atoms with van der Waals surface area (Å²) in [7, 11) is 0. The molecule has 2 aliphatic rings. The Kier molecular flexibility index (Phi) is 11.0. The Bertz CT molecular complexity index is 1400. The fraction of sp³-hybridized carbons (Fsp3) is 0.444. The highest BCUT2D eigenvalue weighted by Gasteiger charge is 2.39. The second-order valence-corrected chi connectivity index (χ2v) is 13.1. The largest absolute Gasteiger partial charge is 0.490 e. The lowest BCUT2D eigenvalue weighted by Gasteiger charge is -2.47. The molecule has 45 heavy (non-hydrogen) atoms. The molecule has 242 valence electrons. The molecule has 2 saturated heterocycles. The Morgan fingerprint density at radius 2 is 1.33 bits per heavy atom. The molecule has 2 heterocycles. The first kappa shape index (κ1) is 34.0. The number of ether oxygens (including phenoxy) is 1. The van der Waals surface area contributed by atoms with Gasteiger partial charge in [0.25, 0.3) is 5.91 Å². The van der Waals surface area contributed by atoms with E-state index in [4.69, 9.17) is 14.6 Å². The first-order valence-electron chi connectivity index (χ1n) is 15.4. The lowest BCUT2D eigenvalue weighted by Crippen LogP contribution is -2.48. The number of hydrogen-bond donors (Lipinski definition) is 1. The number of amides is 1. The van der Waals surface area contributed by atoms with E-state index in [1.54, 1.807) is 0 Å². The van der Waals surface area contributed by atoms with E-state index in [2.05, 4.69) is 91.2 Å². The molecule has 1 amide bonds. The van der Waals surface area contributed by atoms with Crippen LogP contribution in [0.1, 0.15) is 73.5 Å². The number of likely N-dealkylation sites (tertiary alicyclic amines) is 2. The van der Waals surface area contributed by atoms with Crippen molar-refractivity contribution in [1.82, 2.24) is 9.80 Å². The van der Waals surface area contributed by atoms with E-state index in [-0.39, 0.29) is 11.3 Å². The number of benzene rings is 3. The van der Waals surface area contributed by atoms with Crippen molar-refractivity contribution in [2.75, 3.05) is 26.2 Å². The van der Waals surface area contributed by atoms with E-state index >= 15 is 0 Å². The number of piperidine rings is 2. The molecular formula is C36H43F3N2O4. The van der Waals surface area contributed by atoms with E-state index in [1.165, 1.54) is 29.5 Å². The van der Waals surface area contributed by atoms with Crippen LogP contribution in [-0.2, 0) is 23.4 Å². The predicted molar refractivity (Wildman–Crippen MR) is 168 cm³/mol. The minimum atomic E-state index is -5.08. The van der Waals surface area contributed by atoms with Crippen LogP contribution in [0.25, 0.3) is 0 Å². The Balaban J connectivity index is 0.000000591. The highest BCUT2D eigenvalue weighted by molar-refractivity contribution is 5.94. The summed E-state index contributed by atoms with van der Waals surface area (Å²) >= 11 is 0. The minimum absolute atomic E-state index is 0.102. The molecule has 3 aromatic rings. The van der Waals surface area contributed by atoms with Crippen molar-refractivity contribution in [1.29, 1.82) is 0 Å². The van der Waals surface area contributed by atoms with Gasteiger partial charge < -0.3 is 14.7 Å². The molecule has 5 rings (SSSR count). The minimum Gasteiger partial charge on any atom is -0.489 e. The number of para-hydroxylation sites is 1. The maximum atomic E-state index is 13.2. The van der Waals surface area contributed by atoms with Crippen LogP contribution >= 0.6 is 0 Å². The maximum absolute atomic E-state index is 13.2. The van der Waals surface area contributed by atoms with Crippen molar-refractivity contribution in [2.24, 2.45) is 5.41 Å². The van der Waals surface area contributed by atoms with Gasteiger partial charge in [-0.25, -0.2) is 4.79 Å². The average Bonchev–Trinajstić information content (AvgIpc) is 3.02. The van der Waals surface area contributed by atoms with E-state index in [1.807, 2.05) is 18.2 Å². The van der Waals surface area contributed by atoms with Crippen LogP contribution in [0.2, 0.25) is 0 Å². The fourth-order valence-electron chi connectivity index (χ4n) is 5.92. The fourth-order valence-corrected chi connectivity index (χ4v) is 5.92. The number of rotatable bonds is 6. The molecule has 2 aliphatic heterocycles. The second-order valence-electron chi connectivity index (χ2n) is 13.1. The molecule has 0 atom stereocenters. The van der Waals surface area contributed by atoms with Crippen LogP contribution in [0.3, 0.4) is 0 Å². The Labute approximate surface area is 263 Å². The molecule has 0 aromatic heterocycles. The van der Waals surface area contributed by atoms with E-state index in [0.717, 1.165) is 56.9 Å². The van der Waals surface area contributed by atoms with E-state index < -0.39 is 12.1 Å². The third kappa shape index (κ3) is 9.57. The summed E-state index contributed by atoms with van der Waals surface area (Å²) < 4.78 is 37.9. The number of carboxylic acids is 1. The SMILES string of the molecule is CC(C)(C)c1ccc(C(=O)N2CCC3(CCN(Cc4ccccc4OCc4ccccc4)CC3)CC2)cc1.O=C(O)C(F)(F)F. The summed E-state index contributed by atoms with van der Waals surface area (Å²) in [5.74, 6) is -1.59. The molecule has 2 fully saturated rings. The second kappa shape index (κ2) is 14.5. The lowest BCUT2D eigenvalue weighted by atomic mass is 9.71. The van der Waals surface area contributed by atoms with E-state index in [0.29, 0.717) is 12.0 Å². The number of aliphatic carboxylic acids is 1. The van der Waals surface area contributed by atoms with Crippen LogP contribution in [0.5, 0.6) is 5.75 Å². The zero-order valence-corrected chi connectivity index (χ0v) is 26.3. The highest BCUT2D eigenvalue weighted by Crippen LogP contribution is 2.42. The quantitative estimate of drug-likeness (QED) is 0.304. The molecule has 0 radical (unpaired) electrons. The number of carbonyl (C=O) groups is 2. The molecule has 1 N–H and O–H groups in total. The molecule has 0 saturated carbocycles. The molecule has 9 heteroatoms. The lowest BCUT2D eigenvalue weighted by molar-refractivity contribution is -0.192. The molecule has 6 nitrogen and oxygen atoms in total. The molecular weight excluding hydrogens is 581 g/mol. The van der Waals surface area contributed by atoms with Crippen molar-refractivity contribution in [3.8, 4) is 5.75 Å². The Morgan fingerprint density at radius 1 is 0.800 bits per heavy atom. The summed E-state index contributed by atoms with van der Waals surface area (Å²) in [5, 5.41) is 7.12. The van der Waals surface area contributed by atoms with Gasteiger partial charge in [-0.2, -0.15) is 13.2 Å². The first-order chi connectivity index (χ1) is 21.3. The van der Waals surface area contributed by atoms with Crippen LogP contribution in [0, 0.1) is 5.41 Å². The van der Waals surface area contributed by atoms with Crippen molar-refractivity contribution in [2.45, 2.75) is 71.2 Å². The molecule has 0 unspecified atom stereocenters. The van der Waals surface area contributed by atoms with Gasteiger partial charge in [-0.15, -0.1) is 0 Å². The smallest absolute Gasteiger partial charge is 0.489 e. The Morgan fingerprint density at radius 3 is 1.89 bits per heavy atom. The standard InChI is InChI=1S/C34H42N2O2.C2HF3O2/c1-33(2,3)30-15-13-28(14-16-30)32(37)36-23-19-34(20-24-36)17-21-35(22-18-34)25-29-11-7-8-12-31(29)38-26-27-9-5-4-6-10-27;3-2(4,5)1(6)7/h4-16H,17-26H2,1-3H3;(H,6,7). The van der Waals surface area contributed by atoms with Gasteiger partial charge in [-0.1, -0.05) is 81.4 Å². The third-order valence-electron chi connectivity index (χ3n) is 8.87. The molecule has 0 aliphatic carbocycles. The maximum Gasteiger partial charge on any atom is 0.490 e. The number of halogens is 3. The summed E-state index contributed by atoms with van der Waals surface area (Å²) in [5.41, 5.74) is 5.02. The van der Waals surface area contributed by atoms with Crippen molar-refractivity contribution >= 4 is 11.9 Å². The van der Waals surface area contributed by atoms with Gasteiger partial charge in [-0.3, -0.25) is 9.69 Å². The van der Waals surface area contributed by atoms with Gasteiger partial charge in [0.2, 0.25) is 0 Å². The highest BCUT2D eigenvalue weighted by atomic mass is 19.4. The van der Waals surface area contributed by atoms with Crippen molar-refractivity contribution in [3.05, 3.63) is 101 Å². The van der Waals surface area contributed by atoms with Crippen LogP contribution < -0.4 is 4.74 Å². The van der Waals surface area contributed by atoms with Crippen LogP contribution in [0.15, 0.2) is 78.9 Å². The number of carboxylic acid groups (broad SMARTS) is 1. The van der Waals surface area contributed by atoms with Gasteiger partial charge in [0.1, 0.15) is 12.4 Å². The number of carbonyl (C=O) groups excluding carboxylic acids is 1. The topological polar surface area (TPSA) is 70.1 Å². The molecule has 0 bridgehead atoms. The van der Waals surface area contributed by atoms with Gasteiger partial charge in [0, 0.05) is 30.8 Å². The zero-order chi connectivity index (χ0) is 32.7. The van der Waals surface area contributed by atoms with Crippen molar-refractivity contribution in [3.63, 3.8) is 0 Å². The van der Waals surface area contributed by atoms with Crippen molar-refractivity contribution < 1.29 is 32.6 Å².